The van der Waals surface area contributed by atoms with Gasteiger partial charge in [-0.25, -0.2) is 4.98 Å². The van der Waals surface area contributed by atoms with Crippen LogP contribution in [0.5, 0.6) is 0 Å². The molecule has 1 aromatic rings. The highest BCUT2D eigenvalue weighted by Crippen LogP contribution is 2.25. The van der Waals surface area contributed by atoms with Gasteiger partial charge in [0.05, 0.1) is 5.69 Å². The van der Waals surface area contributed by atoms with Crippen LogP contribution in [0.25, 0.3) is 0 Å². The van der Waals surface area contributed by atoms with Crippen LogP contribution in [-0.4, -0.2) is 48.2 Å². The van der Waals surface area contributed by atoms with Gasteiger partial charge in [-0.15, -0.1) is 0 Å². The molecular formula is C16H23N3OS. The molecule has 4 nitrogen and oxygen atoms in total. The minimum Gasteiger partial charge on any atom is -0.303 e. The quantitative estimate of drug-likeness (QED) is 0.837. The molecule has 1 aromatic heterocycles. The first kappa shape index (κ1) is 14.9. The molecule has 2 aliphatic heterocycles. The van der Waals surface area contributed by atoms with E-state index in [1.807, 2.05) is 23.1 Å². The van der Waals surface area contributed by atoms with Crippen LogP contribution in [0.2, 0.25) is 0 Å². The molecule has 3 rings (SSSR count). The summed E-state index contributed by atoms with van der Waals surface area (Å²) in [5.41, 5.74) is 1.05. The standard InChI is InChI=1S/C16H23N3OS/c1-21-12-14-4-2-5-15(17-14)19-11-13(6-7-16(19)20)10-18-8-3-9-18/h2,4-5,13H,3,6-12H2,1H3/t13-/m0/s1. The van der Waals surface area contributed by atoms with Gasteiger partial charge < -0.3 is 4.90 Å². The van der Waals surface area contributed by atoms with E-state index in [1.54, 1.807) is 11.8 Å². The fourth-order valence-corrected chi connectivity index (χ4v) is 3.52. The molecule has 0 aromatic carbocycles. The van der Waals surface area contributed by atoms with Gasteiger partial charge in [-0.3, -0.25) is 9.69 Å². The molecule has 3 heterocycles. The van der Waals surface area contributed by atoms with Crippen molar-refractivity contribution in [2.45, 2.75) is 25.0 Å². The van der Waals surface area contributed by atoms with Crippen molar-refractivity contribution in [1.29, 1.82) is 0 Å². The third-order valence-electron chi connectivity index (χ3n) is 4.33. The van der Waals surface area contributed by atoms with Crippen LogP contribution in [0.4, 0.5) is 5.82 Å². The maximum atomic E-state index is 12.2. The van der Waals surface area contributed by atoms with Gasteiger partial charge in [0.25, 0.3) is 0 Å². The van der Waals surface area contributed by atoms with Gasteiger partial charge in [0.15, 0.2) is 0 Å². The Bertz CT molecular complexity index is 504. The van der Waals surface area contributed by atoms with Crippen LogP contribution < -0.4 is 4.90 Å². The predicted octanol–water partition coefficient (Wildman–Crippen LogP) is 2.39. The van der Waals surface area contributed by atoms with Crippen LogP contribution in [0.3, 0.4) is 0 Å². The lowest BCUT2D eigenvalue weighted by molar-refractivity contribution is -0.120. The largest absolute Gasteiger partial charge is 0.303 e. The molecule has 2 saturated heterocycles. The van der Waals surface area contributed by atoms with Crippen LogP contribution in [0.15, 0.2) is 18.2 Å². The van der Waals surface area contributed by atoms with E-state index in [1.165, 1.54) is 19.5 Å². The number of carbonyl (C=O) groups is 1. The number of hydrogen-bond donors (Lipinski definition) is 0. The normalized spacial score (nSPS) is 23.2. The zero-order chi connectivity index (χ0) is 14.7. The number of aromatic nitrogens is 1. The van der Waals surface area contributed by atoms with Crippen molar-refractivity contribution in [2.75, 3.05) is 37.3 Å². The molecule has 2 aliphatic rings. The molecule has 0 N–H and O–H groups in total. The molecule has 114 valence electrons. The molecule has 0 aliphatic carbocycles. The number of rotatable bonds is 5. The average molecular weight is 305 g/mol. The van der Waals surface area contributed by atoms with Crippen molar-refractivity contribution in [1.82, 2.24) is 9.88 Å². The monoisotopic (exact) mass is 305 g/mol. The fraction of sp³-hybridized carbons (Fsp3) is 0.625. The van der Waals surface area contributed by atoms with Gasteiger partial charge in [-0.2, -0.15) is 11.8 Å². The second-order valence-corrected chi connectivity index (χ2v) is 6.85. The molecule has 0 unspecified atom stereocenters. The third-order valence-corrected chi connectivity index (χ3v) is 4.92. The summed E-state index contributed by atoms with van der Waals surface area (Å²) in [5.74, 6) is 2.55. The van der Waals surface area contributed by atoms with Crippen molar-refractivity contribution in [3.63, 3.8) is 0 Å². The van der Waals surface area contributed by atoms with Gasteiger partial charge >= 0.3 is 0 Å². The topological polar surface area (TPSA) is 36.4 Å². The molecule has 2 fully saturated rings. The number of thioether (sulfide) groups is 1. The lowest BCUT2D eigenvalue weighted by Gasteiger charge is -2.38. The first-order chi connectivity index (χ1) is 10.3. The molecule has 5 heteroatoms. The number of amides is 1. The minimum absolute atomic E-state index is 0.226. The number of likely N-dealkylation sites (tertiary alicyclic amines) is 1. The van der Waals surface area contributed by atoms with E-state index in [4.69, 9.17) is 0 Å². The van der Waals surface area contributed by atoms with Crippen molar-refractivity contribution < 1.29 is 4.79 Å². The number of nitrogens with zero attached hydrogens (tertiary/aromatic N) is 3. The van der Waals surface area contributed by atoms with E-state index in [0.717, 1.165) is 36.8 Å². The van der Waals surface area contributed by atoms with E-state index in [9.17, 15) is 4.79 Å². The Morgan fingerprint density at radius 3 is 2.95 bits per heavy atom. The van der Waals surface area contributed by atoms with Gasteiger partial charge in [0, 0.05) is 25.3 Å². The maximum Gasteiger partial charge on any atom is 0.228 e. The fourth-order valence-electron chi connectivity index (χ4n) is 3.06. The molecule has 0 bridgehead atoms. The van der Waals surface area contributed by atoms with Crippen LogP contribution in [0, 0.1) is 5.92 Å². The van der Waals surface area contributed by atoms with E-state index in [2.05, 4.69) is 16.1 Å². The first-order valence-corrected chi connectivity index (χ1v) is 9.13. The van der Waals surface area contributed by atoms with Crippen LogP contribution >= 0.6 is 11.8 Å². The lowest BCUT2D eigenvalue weighted by atomic mass is 9.95. The molecule has 0 spiro atoms. The van der Waals surface area contributed by atoms with E-state index >= 15 is 0 Å². The molecule has 0 radical (unpaired) electrons. The average Bonchev–Trinajstić information content (AvgIpc) is 2.45. The highest BCUT2D eigenvalue weighted by Gasteiger charge is 2.29. The molecule has 0 saturated carbocycles. The smallest absolute Gasteiger partial charge is 0.228 e. The first-order valence-electron chi connectivity index (χ1n) is 7.74. The summed E-state index contributed by atoms with van der Waals surface area (Å²) in [4.78, 5) is 21.3. The van der Waals surface area contributed by atoms with Gasteiger partial charge in [-0.1, -0.05) is 6.07 Å². The Balaban J connectivity index is 1.69. The lowest BCUT2D eigenvalue weighted by Crippen LogP contribution is -2.47. The summed E-state index contributed by atoms with van der Waals surface area (Å²) >= 11 is 1.76. The number of carbonyl (C=O) groups excluding carboxylic acids is 1. The Kier molecular flexibility index (Phi) is 4.80. The van der Waals surface area contributed by atoms with Crippen LogP contribution in [0.1, 0.15) is 25.0 Å². The van der Waals surface area contributed by atoms with Crippen molar-refractivity contribution in [3.8, 4) is 0 Å². The molecular weight excluding hydrogens is 282 g/mol. The highest BCUT2D eigenvalue weighted by atomic mass is 32.2. The zero-order valence-electron chi connectivity index (χ0n) is 12.6. The van der Waals surface area contributed by atoms with E-state index in [-0.39, 0.29) is 5.91 Å². The third kappa shape index (κ3) is 3.58. The van der Waals surface area contributed by atoms with Crippen LogP contribution in [-0.2, 0) is 10.5 Å². The Morgan fingerprint density at radius 2 is 2.24 bits per heavy atom. The second-order valence-electron chi connectivity index (χ2n) is 5.98. The van der Waals surface area contributed by atoms with Gasteiger partial charge in [0.2, 0.25) is 5.91 Å². The second kappa shape index (κ2) is 6.79. The van der Waals surface area contributed by atoms with Crippen molar-refractivity contribution >= 4 is 23.5 Å². The number of anilines is 1. The minimum atomic E-state index is 0.226. The summed E-state index contributed by atoms with van der Waals surface area (Å²) in [7, 11) is 0. The Hall–Kier alpha value is -1.07. The van der Waals surface area contributed by atoms with Crippen molar-refractivity contribution in [2.24, 2.45) is 5.92 Å². The Labute approximate surface area is 130 Å². The molecule has 1 atom stereocenters. The number of piperidine rings is 1. The summed E-state index contributed by atoms with van der Waals surface area (Å²) < 4.78 is 0. The maximum absolute atomic E-state index is 12.2. The number of hydrogen-bond acceptors (Lipinski definition) is 4. The highest BCUT2D eigenvalue weighted by molar-refractivity contribution is 7.97. The van der Waals surface area contributed by atoms with E-state index < -0.39 is 0 Å². The SMILES string of the molecule is CSCc1cccc(N2C[C@H](CN3CCC3)CCC2=O)n1. The zero-order valence-corrected chi connectivity index (χ0v) is 13.4. The summed E-state index contributed by atoms with van der Waals surface area (Å²) in [6.07, 6.45) is 5.08. The van der Waals surface area contributed by atoms with E-state index in [0.29, 0.717) is 12.3 Å². The summed E-state index contributed by atoms with van der Waals surface area (Å²) in [5, 5.41) is 0. The van der Waals surface area contributed by atoms with Crippen molar-refractivity contribution in [3.05, 3.63) is 23.9 Å². The summed E-state index contributed by atoms with van der Waals surface area (Å²) in [6.45, 7) is 4.41. The number of pyridine rings is 1. The predicted molar refractivity (Wildman–Crippen MR) is 87.6 cm³/mol. The van der Waals surface area contributed by atoms with Gasteiger partial charge in [0.1, 0.15) is 5.82 Å². The summed E-state index contributed by atoms with van der Waals surface area (Å²) in [6, 6.07) is 6.01. The van der Waals surface area contributed by atoms with Gasteiger partial charge in [-0.05, 0) is 50.2 Å². The molecule has 21 heavy (non-hydrogen) atoms. The Morgan fingerprint density at radius 1 is 1.38 bits per heavy atom. The molecule has 1 amide bonds.